The Hall–Kier alpha value is -2.83. The average Bonchev–Trinajstić information content (AvgIpc) is 3.39. The lowest BCUT2D eigenvalue weighted by atomic mass is 9.90. The van der Waals surface area contributed by atoms with Crippen LogP contribution in [0.25, 0.3) is 0 Å². The highest BCUT2D eigenvalue weighted by Gasteiger charge is 2.48. The van der Waals surface area contributed by atoms with Crippen LogP contribution < -0.4 is 5.32 Å². The van der Waals surface area contributed by atoms with Crippen molar-refractivity contribution in [2.24, 2.45) is 0 Å². The number of carbonyl (C=O) groups is 2. The number of likely N-dealkylation sites (tertiary alicyclic amines) is 1. The minimum Gasteiger partial charge on any atom is -0.324 e. The van der Waals surface area contributed by atoms with Crippen LogP contribution in [-0.4, -0.2) is 32.5 Å². The molecule has 1 N–H and O–H groups in total. The van der Waals surface area contributed by atoms with E-state index in [1.165, 1.54) is 6.92 Å². The minimum absolute atomic E-state index is 0.180. The first-order valence-electron chi connectivity index (χ1n) is 11.2. The van der Waals surface area contributed by atoms with Crippen LogP contribution in [0.4, 0.5) is 5.69 Å². The zero-order valence-electron chi connectivity index (χ0n) is 19.6. The standard InChI is InChI=1S/C26H28Cl2N4O2/c1-16(33)32-23(25(34)29-20-10-6-9-19(28)14-20)15-21(22-11-12-31(30-22)26(2,3)4)24(32)17-7-5-8-18(27)13-17/h5-14,21,23-24H,15H2,1-4H3,(H,29,34)/t21?,23-,24-/m0/s1. The maximum atomic E-state index is 13.4. The first kappa shape index (κ1) is 24.3. The molecule has 6 nitrogen and oxygen atoms in total. The monoisotopic (exact) mass is 498 g/mol. The number of halogens is 2. The van der Waals surface area contributed by atoms with Gasteiger partial charge in [0.25, 0.3) is 0 Å². The molecule has 3 aromatic rings. The highest BCUT2D eigenvalue weighted by Crippen LogP contribution is 2.47. The van der Waals surface area contributed by atoms with Crippen LogP contribution in [0.3, 0.4) is 0 Å². The van der Waals surface area contributed by atoms with Gasteiger partial charge < -0.3 is 10.2 Å². The molecule has 1 saturated heterocycles. The number of nitrogens with zero attached hydrogens (tertiary/aromatic N) is 3. The van der Waals surface area contributed by atoms with Crippen LogP contribution in [0.15, 0.2) is 60.8 Å². The Balaban J connectivity index is 1.75. The molecule has 1 fully saturated rings. The molecule has 1 aliphatic rings. The van der Waals surface area contributed by atoms with E-state index in [0.717, 1.165) is 11.3 Å². The van der Waals surface area contributed by atoms with Gasteiger partial charge in [0.15, 0.2) is 0 Å². The topological polar surface area (TPSA) is 67.2 Å². The van der Waals surface area contributed by atoms with Gasteiger partial charge >= 0.3 is 0 Å². The van der Waals surface area contributed by atoms with Crippen LogP contribution >= 0.6 is 23.2 Å². The van der Waals surface area contributed by atoms with Gasteiger partial charge in [-0.3, -0.25) is 14.3 Å². The summed E-state index contributed by atoms with van der Waals surface area (Å²) in [7, 11) is 0. The van der Waals surface area contributed by atoms with E-state index in [0.29, 0.717) is 22.2 Å². The van der Waals surface area contributed by atoms with Crippen molar-refractivity contribution in [3.8, 4) is 0 Å². The summed E-state index contributed by atoms with van der Waals surface area (Å²) < 4.78 is 1.91. The number of carbonyl (C=O) groups excluding carboxylic acids is 2. The van der Waals surface area contributed by atoms with Crippen molar-refractivity contribution in [3.05, 3.63) is 82.1 Å². The predicted octanol–water partition coefficient (Wildman–Crippen LogP) is 6.03. The maximum Gasteiger partial charge on any atom is 0.247 e. The van der Waals surface area contributed by atoms with Gasteiger partial charge in [-0.1, -0.05) is 41.4 Å². The molecule has 2 amide bonds. The molecule has 0 radical (unpaired) electrons. The SMILES string of the molecule is CC(=O)N1[C@H](C(=O)Nc2cccc(Cl)c2)CC(c2ccn(C(C)(C)C)n2)[C@@H]1c1cccc(Cl)c1. The third kappa shape index (κ3) is 4.98. The molecule has 8 heteroatoms. The van der Waals surface area contributed by atoms with Gasteiger partial charge in [-0.25, -0.2) is 0 Å². The lowest BCUT2D eigenvalue weighted by Gasteiger charge is -2.30. The van der Waals surface area contributed by atoms with Gasteiger partial charge in [-0.15, -0.1) is 0 Å². The molecule has 178 valence electrons. The second-order valence-corrected chi connectivity index (χ2v) is 10.5. The van der Waals surface area contributed by atoms with Gasteiger partial charge in [0.2, 0.25) is 11.8 Å². The molecule has 1 aliphatic heterocycles. The fraction of sp³-hybridized carbons (Fsp3) is 0.346. The van der Waals surface area contributed by atoms with Crippen LogP contribution in [-0.2, 0) is 15.1 Å². The molecular weight excluding hydrogens is 471 g/mol. The zero-order chi connectivity index (χ0) is 24.6. The Morgan fingerprint density at radius 2 is 1.71 bits per heavy atom. The summed E-state index contributed by atoms with van der Waals surface area (Å²) in [6, 6.07) is 15.3. The molecule has 1 unspecified atom stereocenters. The summed E-state index contributed by atoms with van der Waals surface area (Å²) >= 11 is 12.4. The Morgan fingerprint density at radius 3 is 2.29 bits per heavy atom. The highest BCUT2D eigenvalue weighted by molar-refractivity contribution is 6.31. The van der Waals surface area contributed by atoms with Gasteiger partial charge in [0.1, 0.15) is 6.04 Å². The quantitative estimate of drug-likeness (QED) is 0.477. The highest BCUT2D eigenvalue weighted by atomic mass is 35.5. The third-order valence-corrected chi connectivity index (χ3v) is 6.59. The Labute approximate surface area is 209 Å². The Kier molecular flexibility index (Phi) is 6.74. The molecule has 2 aromatic carbocycles. The molecule has 0 aliphatic carbocycles. The van der Waals surface area contributed by atoms with Crippen LogP contribution in [0.5, 0.6) is 0 Å². The van der Waals surface area contributed by atoms with Crippen molar-refractivity contribution in [3.63, 3.8) is 0 Å². The van der Waals surface area contributed by atoms with Crippen molar-refractivity contribution >= 4 is 40.7 Å². The van der Waals surface area contributed by atoms with Gasteiger partial charge in [0.05, 0.1) is 17.3 Å². The maximum absolute atomic E-state index is 13.4. The van der Waals surface area contributed by atoms with Crippen LogP contribution in [0, 0.1) is 0 Å². The number of rotatable bonds is 4. The first-order valence-corrected chi connectivity index (χ1v) is 12.0. The van der Waals surface area contributed by atoms with E-state index in [1.54, 1.807) is 35.2 Å². The lowest BCUT2D eigenvalue weighted by Crippen LogP contribution is -2.43. The summed E-state index contributed by atoms with van der Waals surface area (Å²) in [4.78, 5) is 28.0. The second-order valence-electron chi connectivity index (χ2n) is 9.64. The molecule has 4 rings (SSSR count). The normalized spacial score (nSPS) is 20.4. The number of amides is 2. The van der Waals surface area contributed by atoms with E-state index in [-0.39, 0.29) is 29.3 Å². The van der Waals surface area contributed by atoms with Gasteiger partial charge in [-0.2, -0.15) is 5.10 Å². The van der Waals surface area contributed by atoms with E-state index < -0.39 is 6.04 Å². The van der Waals surface area contributed by atoms with E-state index >= 15 is 0 Å². The zero-order valence-corrected chi connectivity index (χ0v) is 21.1. The summed E-state index contributed by atoms with van der Waals surface area (Å²) in [5.41, 5.74) is 2.10. The predicted molar refractivity (Wildman–Crippen MR) is 135 cm³/mol. The summed E-state index contributed by atoms with van der Waals surface area (Å²) in [5, 5.41) is 8.87. The smallest absolute Gasteiger partial charge is 0.247 e. The van der Waals surface area contributed by atoms with Crippen molar-refractivity contribution in [1.82, 2.24) is 14.7 Å². The van der Waals surface area contributed by atoms with E-state index in [2.05, 4.69) is 26.1 Å². The number of hydrogen-bond acceptors (Lipinski definition) is 3. The Morgan fingerprint density at radius 1 is 1.03 bits per heavy atom. The van der Waals surface area contributed by atoms with E-state index in [1.807, 2.05) is 35.1 Å². The lowest BCUT2D eigenvalue weighted by molar-refractivity contribution is -0.137. The number of nitrogens with one attached hydrogen (secondary N) is 1. The van der Waals surface area contributed by atoms with Crippen molar-refractivity contribution < 1.29 is 9.59 Å². The molecular formula is C26H28Cl2N4O2. The van der Waals surface area contributed by atoms with Gasteiger partial charge in [0, 0.05) is 34.8 Å². The van der Waals surface area contributed by atoms with Crippen molar-refractivity contribution in [1.29, 1.82) is 0 Å². The molecule has 34 heavy (non-hydrogen) atoms. The number of aromatic nitrogens is 2. The number of hydrogen-bond donors (Lipinski definition) is 1. The Bertz CT molecular complexity index is 1220. The van der Waals surface area contributed by atoms with Crippen LogP contribution in [0.2, 0.25) is 10.0 Å². The summed E-state index contributed by atoms with van der Waals surface area (Å²) in [6.07, 6.45) is 2.38. The molecule has 0 saturated carbocycles. The second kappa shape index (κ2) is 9.43. The molecule has 0 spiro atoms. The van der Waals surface area contributed by atoms with Crippen LogP contribution in [0.1, 0.15) is 57.3 Å². The van der Waals surface area contributed by atoms with E-state index in [4.69, 9.17) is 28.3 Å². The third-order valence-electron chi connectivity index (χ3n) is 6.12. The average molecular weight is 499 g/mol. The molecule has 0 bridgehead atoms. The van der Waals surface area contributed by atoms with Crippen molar-refractivity contribution in [2.45, 2.75) is 57.7 Å². The molecule has 2 heterocycles. The fourth-order valence-corrected chi connectivity index (χ4v) is 4.98. The first-order chi connectivity index (χ1) is 16.0. The number of anilines is 1. The van der Waals surface area contributed by atoms with E-state index in [9.17, 15) is 9.59 Å². The number of benzene rings is 2. The minimum atomic E-state index is -0.676. The summed E-state index contributed by atoms with van der Waals surface area (Å²) in [6.45, 7) is 7.73. The molecule has 3 atom stereocenters. The largest absolute Gasteiger partial charge is 0.324 e. The molecule has 1 aromatic heterocycles. The fourth-order valence-electron chi connectivity index (χ4n) is 4.59. The van der Waals surface area contributed by atoms with Crippen molar-refractivity contribution in [2.75, 3.05) is 5.32 Å². The van der Waals surface area contributed by atoms with Gasteiger partial charge in [-0.05, 0) is 69.2 Å². The summed E-state index contributed by atoms with van der Waals surface area (Å²) in [5.74, 6) is -0.627.